The number of nitrogens with zero attached hydrogens (tertiary/aromatic N) is 2. The van der Waals surface area contributed by atoms with Crippen molar-refractivity contribution in [1.29, 1.82) is 0 Å². The molecular formula is C13H27N3. The van der Waals surface area contributed by atoms with Crippen molar-refractivity contribution < 1.29 is 0 Å². The van der Waals surface area contributed by atoms with Gasteiger partial charge in [-0.05, 0) is 39.7 Å². The van der Waals surface area contributed by atoms with Crippen molar-refractivity contribution in [3.8, 4) is 0 Å². The van der Waals surface area contributed by atoms with Gasteiger partial charge >= 0.3 is 0 Å². The van der Waals surface area contributed by atoms with Gasteiger partial charge in [0.2, 0.25) is 0 Å². The van der Waals surface area contributed by atoms with Gasteiger partial charge in [-0.15, -0.1) is 0 Å². The summed E-state index contributed by atoms with van der Waals surface area (Å²) in [5.74, 6) is 1.04. The van der Waals surface area contributed by atoms with Gasteiger partial charge in [-0.3, -0.25) is 4.90 Å². The van der Waals surface area contributed by atoms with E-state index in [0.717, 1.165) is 5.92 Å². The highest BCUT2D eigenvalue weighted by Gasteiger charge is 2.27. The normalized spacial score (nSPS) is 24.9. The van der Waals surface area contributed by atoms with E-state index in [1.165, 1.54) is 52.1 Å². The standard InChI is InChI=1S/C13H27N3/c1-13(2,14-3)11-16-8-6-15(7-9-16)10-12-4-5-12/h12,14H,4-11H2,1-3H3. The minimum absolute atomic E-state index is 0.249. The summed E-state index contributed by atoms with van der Waals surface area (Å²) in [6, 6.07) is 0. The Morgan fingerprint density at radius 2 is 1.62 bits per heavy atom. The summed E-state index contributed by atoms with van der Waals surface area (Å²) < 4.78 is 0. The lowest BCUT2D eigenvalue weighted by molar-refractivity contribution is 0.107. The lowest BCUT2D eigenvalue weighted by atomic mass is 10.0. The van der Waals surface area contributed by atoms with E-state index >= 15 is 0 Å². The topological polar surface area (TPSA) is 18.5 Å². The van der Waals surface area contributed by atoms with Crippen molar-refractivity contribution in [3.63, 3.8) is 0 Å². The minimum Gasteiger partial charge on any atom is -0.314 e. The summed E-state index contributed by atoms with van der Waals surface area (Å²) in [7, 11) is 2.06. The molecule has 1 N–H and O–H groups in total. The Bertz CT molecular complexity index is 215. The Kier molecular flexibility index (Phi) is 3.88. The first-order valence-electron chi connectivity index (χ1n) is 6.73. The molecule has 2 aliphatic rings. The van der Waals surface area contributed by atoms with E-state index in [2.05, 4.69) is 36.0 Å². The van der Waals surface area contributed by atoms with Gasteiger partial charge in [-0.1, -0.05) is 0 Å². The van der Waals surface area contributed by atoms with Crippen molar-refractivity contribution in [1.82, 2.24) is 15.1 Å². The molecule has 1 aliphatic heterocycles. The molecule has 0 spiro atoms. The predicted octanol–water partition coefficient (Wildman–Crippen LogP) is 1.01. The highest BCUT2D eigenvalue weighted by Crippen LogP contribution is 2.29. The smallest absolute Gasteiger partial charge is 0.0249 e. The zero-order chi connectivity index (χ0) is 11.6. The van der Waals surface area contributed by atoms with E-state index in [-0.39, 0.29) is 5.54 Å². The van der Waals surface area contributed by atoms with E-state index in [4.69, 9.17) is 0 Å². The third-order valence-corrected chi connectivity index (χ3v) is 3.97. The van der Waals surface area contributed by atoms with Crippen molar-refractivity contribution in [2.75, 3.05) is 46.3 Å². The maximum Gasteiger partial charge on any atom is 0.0249 e. The van der Waals surface area contributed by atoms with Gasteiger partial charge in [-0.25, -0.2) is 0 Å². The second-order valence-electron chi connectivity index (χ2n) is 6.15. The molecule has 0 radical (unpaired) electrons. The summed E-state index contributed by atoms with van der Waals surface area (Å²) in [5.41, 5.74) is 0.249. The van der Waals surface area contributed by atoms with E-state index < -0.39 is 0 Å². The van der Waals surface area contributed by atoms with Crippen LogP contribution in [-0.2, 0) is 0 Å². The van der Waals surface area contributed by atoms with Gasteiger partial charge in [-0.2, -0.15) is 0 Å². The summed E-state index contributed by atoms with van der Waals surface area (Å²) >= 11 is 0. The first-order valence-corrected chi connectivity index (χ1v) is 6.73. The van der Waals surface area contributed by atoms with Crippen LogP contribution in [0.5, 0.6) is 0 Å². The molecule has 2 fully saturated rings. The summed E-state index contributed by atoms with van der Waals surface area (Å²) in [6.45, 7) is 12.1. The summed E-state index contributed by atoms with van der Waals surface area (Å²) in [4.78, 5) is 5.25. The zero-order valence-corrected chi connectivity index (χ0v) is 11.1. The molecule has 0 unspecified atom stereocenters. The highest BCUT2D eigenvalue weighted by molar-refractivity contribution is 4.85. The summed E-state index contributed by atoms with van der Waals surface area (Å²) in [5, 5.41) is 3.39. The van der Waals surface area contributed by atoms with Crippen LogP contribution in [0.15, 0.2) is 0 Å². The first kappa shape index (κ1) is 12.3. The first-order chi connectivity index (χ1) is 7.59. The van der Waals surface area contributed by atoms with Crippen LogP contribution in [0.3, 0.4) is 0 Å². The Balaban J connectivity index is 1.67. The molecule has 1 saturated carbocycles. The quantitative estimate of drug-likeness (QED) is 0.753. The van der Waals surface area contributed by atoms with Crippen molar-refractivity contribution >= 4 is 0 Å². The second-order valence-corrected chi connectivity index (χ2v) is 6.15. The Morgan fingerprint density at radius 3 is 2.12 bits per heavy atom. The Labute approximate surface area is 100 Å². The van der Waals surface area contributed by atoms with Gasteiger partial charge in [0.25, 0.3) is 0 Å². The zero-order valence-electron chi connectivity index (χ0n) is 11.1. The van der Waals surface area contributed by atoms with E-state index in [1.54, 1.807) is 0 Å². The van der Waals surface area contributed by atoms with Crippen LogP contribution in [0, 0.1) is 5.92 Å². The van der Waals surface area contributed by atoms with Crippen LogP contribution in [0.4, 0.5) is 0 Å². The molecule has 1 saturated heterocycles. The van der Waals surface area contributed by atoms with E-state index in [9.17, 15) is 0 Å². The SMILES string of the molecule is CNC(C)(C)CN1CCN(CC2CC2)CC1. The number of piperazine rings is 1. The fourth-order valence-electron chi connectivity index (χ4n) is 2.43. The molecule has 0 atom stereocenters. The number of hydrogen-bond donors (Lipinski definition) is 1. The molecule has 3 heteroatoms. The molecule has 1 aliphatic carbocycles. The molecule has 94 valence electrons. The molecular weight excluding hydrogens is 198 g/mol. The molecule has 0 aromatic carbocycles. The van der Waals surface area contributed by atoms with Crippen LogP contribution in [0.2, 0.25) is 0 Å². The van der Waals surface area contributed by atoms with Crippen LogP contribution in [0.1, 0.15) is 26.7 Å². The van der Waals surface area contributed by atoms with Gasteiger partial charge in [0.1, 0.15) is 0 Å². The van der Waals surface area contributed by atoms with Crippen molar-refractivity contribution in [3.05, 3.63) is 0 Å². The van der Waals surface area contributed by atoms with Crippen LogP contribution >= 0.6 is 0 Å². The largest absolute Gasteiger partial charge is 0.314 e. The highest BCUT2D eigenvalue weighted by atomic mass is 15.3. The molecule has 16 heavy (non-hydrogen) atoms. The Morgan fingerprint density at radius 1 is 1.06 bits per heavy atom. The molecule has 2 rings (SSSR count). The average molecular weight is 225 g/mol. The second kappa shape index (κ2) is 5.03. The molecule has 3 nitrogen and oxygen atoms in total. The van der Waals surface area contributed by atoms with Crippen molar-refractivity contribution in [2.24, 2.45) is 5.92 Å². The van der Waals surface area contributed by atoms with Gasteiger partial charge in [0.05, 0.1) is 0 Å². The lowest BCUT2D eigenvalue weighted by Gasteiger charge is -2.39. The molecule has 0 aromatic heterocycles. The maximum absolute atomic E-state index is 3.39. The number of rotatable bonds is 5. The van der Waals surface area contributed by atoms with Gasteiger partial charge in [0.15, 0.2) is 0 Å². The average Bonchev–Trinajstić information content (AvgIpc) is 3.05. The number of hydrogen-bond acceptors (Lipinski definition) is 3. The lowest BCUT2D eigenvalue weighted by Crippen LogP contribution is -2.54. The molecule has 0 amide bonds. The van der Waals surface area contributed by atoms with Gasteiger partial charge in [0, 0.05) is 44.8 Å². The third-order valence-electron chi connectivity index (χ3n) is 3.97. The number of nitrogens with one attached hydrogen (secondary N) is 1. The number of likely N-dealkylation sites (N-methyl/N-ethyl adjacent to an activating group) is 1. The van der Waals surface area contributed by atoms with E-state index in [0.29, 0.717) is 0 Å². The molecule has 0 bridgehead atoms. The predicted molar refractivity (Wildman–Crippen MR) is 68.7 cm³/mol. The molecule has 1 heterocycles. The minimum atomic E-state index is 0.249. The fourth-order valence-corrected chi connectivity index (χ4v) is 2.43. The van der Waals surface area contributed by atoms with Crippen molar-refractivity contribution in [2.45, 2.75) is 32.2 Å². The third kappa shape index (κ3) is 3.72. The van der Waals surface area contributed by atoms with Gasteiger partial charge < -0.3 is 10.2 Å². The van der Waals surface area contributed by atoms with E-state index in [1.807, 2.05) is 0 Å². The molecule has 0 aromatic rings. The fraction of sp³-hybridized carbons (Fsp3) is 1.00. The van der Waals surface area contributed by atoms with Crippen LogP contribution in [0.25, 0.3) is 0 Å². The van der Waals surface area contributed by atoms with Crippen LogP contribution < -0.4 is 5.32 Å². The maximum atomic E-state index is 3.39. The summed E-state index contributed by atoms with van der Waals surface area (Å²) in [6.07, 6.45) is 2.96. The monoisotopic (exact) mass is 225 g/mol. The Hall–Kier alpha value is -0.120. The van der Waals surface area contributed by atoms with Crippen LogP contribution in [-0.4, -0.2) is 61.7 Å².